The zero-order chi connectivity index (χ0) is 18.5. The molecule has 1 N–H and O–H groups in total. The average Bonchev–Trinajstić information content (AvgIpc) is 2.99. The van der Waals surface area contributed by atoms with Crippen LogP contribution in [0.1, 0.15) is 5.56 Å². The first kappa shape index (κ1) is 16.3. The molecule has 0 radical (unpaired) electrons. The fraction of sp³-hybridized carbons (Fsp3) is 0.105. The summed E-state index contributed by atoms with van der Waals surface area (Å²) < 4.78 is 45.3. The van der Waals surface area contributed by atoms with Crippen molar-refractivity contribution in [3.05, 3.63) is 60.3 Å². The quantitative estimate of drug-likeness (QED) is 0.556. The number of aromatic hydroxyl groups is 1. The van der Waals surface area contributed by atoms with Crippen LogP contribution in [0.25, 0.3) is 27.7 Å². The summed E-state index contributed by atoms with van der Waals surface area (Å²) in [4.78, 5) is 0. The molecule has 0 aromatic heterocycles. The van der Waals surface area contributed by atoms with Crippen LogP contribution in [0.15, 0.2) is 54.7 Å². The predicted molar refractivity (Wildman–Crippen MR) is 90.9 cm³/mol. The molecule has 26 heavy (non-hydrogen) atoms. The van der Waals surface area contributed by atoms with Gasteiger partial charge in [-0.3, -0.25) is 0 Å². The van der Waals surface area contributed by atoms with E-state index in [-0.39, 0.29) is 11.4 Å². The Morgan fingerprint density at radius 2 is 1.88 bits per heavy atom. The van der Waals surface area contributed by atoms with Gasteiger partial charge in [-0.15, -0.1) is 0 Å². The molecule has 0 saturated heterocycles. The maximum atomic E-state index is 12.9. The molecule has 2 aromatic rings. The number of fused-ring (bicyclic) bond motifs is 3. The van der Waals surface area contributed by atoms with Crippen molar-refractivity contribution in [3.8, 4) is 28.4 Å². The van der Waals surface area contributed by atoms with E-state index in [9.17, 15) is 18.3 Å². The van der Waals surface area contributed by atoms with E-state index in [4.69, 9.17) is 4.74 Å². The molecule has 4 rings (SSSR count). The number of alkyl halides is 3. The van der Waals surface area contributed by atoms with E-state index >= 15 is 0 Å². The monoisotopic (exact) mass is 358 g/mol. The zero-order valence-electron chi connectivity index (χ0n) is 13.6. The molecule has 0 unspecified atom stereocenters. The first-order valence-corrected chi connectivity index (χ1v) is 7.73. The Hall–Kier alpha value is -3.22. The molecule has 1 aliphatic carbocycles. The highest BCUT2D eigenvalue weighted by molar-refractivity contribution is 6.04. The highest BCUT2D eigenvalue weighted by atomic mass is 19.4. The fourth-order valence-electron chi connectivity index (χ4n) is 2.99. The van der Waals surface area contributed by atoms with E-state index in [1.807, 2.05) is 6.07 Å². The van der Waals surface area contributed by atoms with Gasteiger partial charge in [0.2, 0.25) is 0 Å². The molecule has 0 fully saturated rings. The lowest BCUT2D eigenvalue weighted by atomic mass is 10.1. The number of halogens is 3. The summed E-state index contributed by atoms with van der Waals surface area (Å²) in [7, 11) is 1.50. The Bertz CT molecular complexity index is 1090. The molecular weight excluding hydrogens is 345 g/mol. The van der Waals surface area contributed by atoms with Crippen molar-refractivity contribution in [3.63, 3.8) is 0 Å². The van der Waals surface area contributed by atoms with Crippen LogP contribution in [0.3, 0.4) is 0 Å². The lowest BCUT2D eigenvalue weighted by molar-refractivity contribution is -0.137. The van der Waals surface area contributed by atoms with Crippen molar-refractivity contribution < 1.29 is 23.0 Å². The smallest absolute Gasteiger partial charge is 0.416 e. The maximum absolute atomic E-state index is 12.9. The lowest BCUT2D eigenvalue weighted by Crippen LogP contribution is -2.07. The fourth-order valence-corrected chi connectivity index (χ4v) is 2.99. The van der Waals surface area contributed by atoms with Gasteiger partial charge in [0, 0.05) is 17.8 Å². The van der Waals surface area contributed by atoms with E-state index in [0.717, 1.165) is 23.1 Å². The van der Waals surface area contributed by atoms with Gasteiger partial charge in [-0.2, -0.15) is 18.3 Å². The Kier molecular flexibility index (Phi) is 3.54. The van der Waals surface area contributed by atoms with Crippen LogP contribution < -0.4 is 4.74 Å². The molecule has 0 atom stereocenters. The molecule has 2 aliphatic rings. The average molecular weight is 358 g/mol. The van der Waals surface area contributed by atoms with Crippen molar-refractivity contribution in [2.45, 2.75) is 6.18 Å². The summed E-state index contributed by atoms with van der Waals surface area (Å²) in [5.74, 6) is 0.514. The van der Waals surface area contributed by atoms with Crippen molar-refractivity contribution in [1.29, 1.82) is 0 Å². The summed E-state index contributed by atoms with van der Waals surface area (Å²) in [5, 5.41) is 16.0. The minimum Gasteiger partial charge on any atom is -0.507 e. The normalized spacial score (nSPS) is 12.0. The van der Waals surface area contributed by atoms with Crippen molar-refractivity contribution >= 4 is 10.8 Å². The Morgan fingerprint density at radius 3 is 2.62 bits per heavy atom. The summed E-state index contributed by atoms with van der Waals surface area (Å²) in [6.45, 7) is 0. The molecule has 1 aliphatic heterocycles. The van der Waals surface area contributed by atoms with Gasteiger partial charge in [0.25, 0.3) is 0 Å². The summed E-state index contributed by atoms with van der Waals surface area (Å²) in [6.07, 6.45) is -2.84. The SMILES string of the molecule is COc1cc(O)c2c3nn(-c4cccc(C(F)(F)F)c4)ccc-3cc2c1. The first-order chi connectivity index (χ1) is 12.4. The minimum atomic E-state index is -4.43. The number of aromatic nitrogens is 2. The van der Waals surface area contributed by atoms with Gasteiger partial charge < -0.3 is 9.84 Å². The van der Waals surface area contributed by atoms with Gasteiger partial charge in [-0.05, 0) is 41.8 Å². The number of hydrogen-bond acceptors (Lipinski definition) is 3. The Labute approximate surface area is 146 Å². The zero-order valence-corrected chi connectivity index (χ0v) is 13.6. The number of phenols is 1. The second kappa shape index (κ2) is 5.66. The molecule has 4 nitrogen and oxygen atoms in total. The molecule has 7 heteroatoms. The number of hydrogen-bond donors (Lipinski definition) is 1. The number of nitrogens with zero attached hydrogens (tertiary/aromatic N) is 2. The summed E-state index contributed by atoms with van der Waals surface area (Å²) in [5.41, 5.74) is 0.806. The minimum absolute atomic E-state index is 0.00337. The van der Waals surface area contributed by atoms with Crippen LogP contribution in [-0.4, -0.2) is 22.0 Å². The summed E-state index contributed by atoms with van der Waals surface area (Å²) >= 11 is 0. The largest absolute Gasteiger partial charge is 0.507 e. The third-order valence-electron chi connectivity index (χ3n) is 4.22. The Morgan fingerprint density at radius 1 is 1.08 bits per heavy atom. The molecule has 132 valence electrons. The summed E-state index contributed by atoms with van der Waals surface area (Å²) in [6, 6.07) is 11.8. The van der Waals surface area contributed by atoms with E-state index in [0.29, 0.717) is 16.8 Å². The van der Waals surface area contributed by atoms with E-state index in [2.05, 4.69) is 5.10 Å². The first-order valence-electron chi connectivity index (χ1n) is 7.73. The van der Waals surface area contributed by atoms with Gasteiger partial charge in [0.1, 0.15) is 17.2 Å². The van der Waals surface area contributed by atoms with Crippen LogP contribution in [-0.2, 0) is 6.18 Å². The van der Waals surface area contributed by atoms with E-state index in [1.54, 1.807) is 24.4 Å². The van der Waals surface area contributed by atoms with Crippen LogP contribution in [0.4, 0.5) is 13.2 Å². The van der Waals surface area contributed by atoms with E-state index in [1.165, 1.54) is 23.9 Å². The topological polar surface area (TPSA) is 47.3 Å². The van der Waals surface area contributed by atoms with E-state index < -0.39 is 11.7 Å². The highest BCUT2D eigenvalue weighted by Crippen LogP contribution is 2.40. The van der Waals surface area contributed by atoms with Gasteiger partial charge in [-0.1, -0.05) is 6.07 Å². The molecule has 1 heterocycles. The van der Waals surface area contributed by atoms with Crippen LogP contribution in [0.5, 0.6) is 11.5 Å². The number of rotatable bonds is 2. The van der Waals surface area contributed by atoms with Gasteiger partial charge in [-0.25, -0.2) is 4.68 Å². The lowest BCUT2D eigenvalue weighted by Gasteiger charge is -2.12. The van der Waals surface area contributed by atoms with Crippen molar-refractivity contribution in [2.24, 2.45) is 0 Å². The molecule has 0 saturated carbocycles. The number of ether oxygens (including phenoxy) is 1. The molecule has 2 aromatic carbocycles. The van der Waals surface area contributed by atoms with Gasteiger partial charge >= 0.3 is 6.18 Å². The highest BCUT2D eigenvalue weighted by Gasteiger charge is 2.30. The molecular formula is C19H13F3N2O2. The number of benzene rings is 2. The second-order valence-electron chi connectivity index (χ2n) is 5.87. The van der Waals surface area contributed by atoms with Crippen LogP contribution >= 0.6 is 0 Å². The van der Waals surface area contributed by atoms with Crippen molar-refractivity contribution in [2.75, 3.05) is 7.11 Å². The van der Waals surface area contributed by atoms with Crippen LogP contribution in [0.2, 0.25) is 0 Å². The molecule has 0 spiro atoms. The van der Waals surface area contributed by atoms with Crippen LogP contribution in [0, 0.1) is 0 Å². The number of phenolic OH excluding ortho intramolecular Hbond substituents is 1. The maximum Gasteiger partial charge on any atom is 0.416 e. The predicted octanol–water partition coefficient (Wildman–Crippen LogP) is 4.86. The third kappa shape index (κ3) is 2.61. The third-order valence-corrected chi connectivity index (χ3v) is 4.22. The molecule has 0 amide bonds. The Balaban J connectivity index is 1.91. The second-order valence-corrected chi connectivity index (χ2v) is 5.87. The van der Waals surface area contributed by atoms with Crippen molar-refractivity contribution in [1.82, 2.24) is 9.78 Å². The van der Waals surface area contributed by atoms with Gasteiger partial charge in [0.05, 0.1) is 23.7 Å². The molecule has 0 bridgehead atoms. The number of methoxy groups -OCH3 is 1. The van der Waals surface area contributed by atoms with Gasteiger partial charge in [0.15, 0.2) is 0 Å². The standard InChI is InChI=1S/C19H13F3N2O2/c1-26-15-8-12-7-11-5-6-24(23-18(11)17(12)16(25)10-15)14-4-2-3-13(9-14)19(20,21)22/h2-10,25H,1H3.